The molecule has 1 fully saturated rings. The van der Waals surface area contributed by atoms with E-state index in [1.54, 1.807) is 0 Å². The molecule has 0 spiro atoms. The molecule has 7 heteroatoms. The first-order valence-corrected chi connectivity index (χ1v) is 9.87. The van der Waals surface area contributed by atoms with E-state index in [0.29, 0.717) is 11.4 Å². The number of rotatable bonds is 4. The van der Waals surface area contributed by atoms with Gasteiger partial charge in [-0.2, -0.15) is 10.4 Å². The van der Waals surface area contributed by atoms with E-state index >= 15 is 0 Å². The van der Waals surface area contributed by atoms with Crippen molar-refractivity contribution in [2.75, 3.05) is 23.3 Å². The molecule has 4 rings (SSSR count). The van der Waals surface area contributed by atoms with Gasteiger partial charge in [-0.1, -0.05) is 12.1 Å². The van der Waals surface area contributed by atoms with Gasteiger partial charge in [0, 0.05) is 36.1 Å². The second-order valence-electron chi connectivity index (χ2n) is 7.71. The van der Waals surface area contributed by atoms with E-state index in [9.17, 15) is 5.26 Å². The molecule has 1 aromatic carbocycles. The van der Waals surface area contributed by atoms with E-state index in [-0.39, 0.29) is 12.1 Å². The SMILES string of the molecule is Cc1c(C#N)cccc1[C@@H](C)Nc1nnc(C)c2cnc(N3CC[C@@H](N)C3)cc12. The first kappa shape index (κ1) is 19.1. The molecule has 0 saturated carbocycles. The summed E-state index contributed by atoms with van der Waals surface area (Å²) in [5.41, 5.74) is 9.65. The van der Waals surface area contributed by atoms with Gasteiger partial charge in [-0.15, -0.1) is 5.10 Å². The molecule has 0 unspecified atom stereocenters. The number of hydrogen-bond acceptors (Lipinski definition) is 7. The van der Waals surface area contributed by atoms with Crippen LogP contribution in [0.2, 0.25) is 0 Å². The van der Waals surface area contributed by atoms with E-state index in [2.05, 4.69) is 44.5 Å². The third kappa shape index (κ3) is 3.59. The zero-order chi connectivity index (χ0) is 20.5. The minimum atomic E-state index is -0.0275. The smallest absolute Gasteiger partial charge is 0.157 e. The first-order chi connectivity index (χ1) is 14.0. The molecule has 1 aliphatic heterocycles. The highest BCUT2D eigenvalue weighted by atomic mass is 15.2. The lowest BCUT2D eigenvalue weighted by atomic mass is 9.98. The molecule has 3 heterocycles. The number of aryl methyl sites for hydroxylation is 1. The lowest BCUT2D eigenvalue weighted by Crippen LogP contribution is -2.26. The van der Waals surface area contributed by atoms with E-state index in [4.69, 9.17) is 5.73 Å². The average molecular weight is 387 g/mol. The maximum absolute atomic E-state index is 9.33. The van der Waals surface area contributed by atoms with Crippen LogP contribution in [-0.4, -0.2) is 34.3 Å². The minimum absolute atomic E-state index is 0.0275. The van der Waals surface area contributed by atoms with Gasteiger partial charge in [-0.3, -0.25) is 0 Å². The fourth-order valence-corrected chi connectivity index (χ4v) is 3.96. The topological polar surface area (TPSA) is 104 Å². The normalized spacial score (nSPS) is 17.3. The van der Waals surface area contributed by atoms with Gasteiger partial charge in [0.25, 0.3) is 0 Å². The molecule has 29 heavy (non-hydrogen) atoms. The van der Waals surface area contributed by atoms with Gasteiger partial charge in [0.2, 0.25) is 0 Å². The van der Waals surface area contributed by atoms with E-state index < -0.39 is 0 Å². The van der Waals surface area contributed by atoms with Crippen molar-refractivity contribution in [1.82, 2.24) is 15.2 Å². The Morgan fingerprint density at radius 2 is 2.10 bits per heavy atom. The number of anilines is 2. The summed E-state index contributed by atoms with van der Waals surface area (Å²) in [5.74, 6) is 1.63. The van der Waals surface area contributed by atoms with Crippen LogP contribution < -0.4 is 16.0 Å². The standard InChI is InChI=1S/C22H25N7/c1-13-16(10-23)5-4-6-18(13)14(2)26-22-19-9-21(29-8-7-17(24)12-29)25-11-20(19)15(3)27-28-22/h4-6,9,11,14,17H,7-8,12,24H2,1-3H3,(H,26,28)/t14-,17-/m1/s1. The van der Waals surface area contributed by atoms with Crippen LogP contribution >= 0.6 is 0 Å². The lowest BCUT2D eigenvalue weighted by molar-refractivity contribution is 0.751. The minimum Gasteiger partial charge on any atom is -0.362 e. The number of fused-ring (bicyclic) bond motifs is 1. The van der Waals surface area contributed by atoms with Crippen LogP contribution in [0, 0.1) is 25.2 Å². The summed E-state index contributed by atoms with van der Waals surface area (Å²) in [5, 5.41) is 23.5. The Kier molecular flexibility index (Phi) is 5.03. The van der Waals surface area contributed by atoms with E-state index in [1.165, 1.54) is 0 Å². The Morgan fingerprint density at radius 3 is 2.83 bits per heavy atom. The van der Waals surface area contributed by atoms with Crippen molar-refractivity contribution in [2.24, 2.45) is 5.73 Å². The second kappa shape index (κ2) is 7.64. The summed E-state index contributed by atoms with van der Waals surface area (Å²) in [6.45, 7) is 7.71. The molecule has 3 aromatic rings. The van der Waals surface area contributed by atoms with E-state index in [0.717, 1.165) is 52.9 Å². The Labute approximate surface area is 170 Å². The van der Waals surface area contributed by atoms with Crippen molar-refractivity contribution in [2.45, 2.75) is 39.3 Å². The van der Waals surface area contributed by atoms with Gasteiger partial charge < -0.3 is 16.0 Å². The van der Waals surface area contributed by atoms with Crippen LogP contribution in [-0.2, 0) is 0 Å². The number of pyridine rings is 1. The molecule has 2 atom stereocenters. The molecule has 2 aromatic heterocycles. The van der Waals surface area contributed by atoms with Crippen LogP contribution in [0.25, 0.3) is 10.8 Å². The highest BCUT2D eigenvalue weighted by molar-refractivity contribution is 5.94. The lowest BCUT2D eigenvalue weighted by Gasteiger charge is -2.20. The zero-order valence-corrected chi connectivity index (χ0v) is 17.0. The van der Waals surface area contributed by atoms with Crippen LogP contribution in [0.4, 0.5) is 11.6 Å². The molecule has 0 bridgehead atoms. The maximum atomic E-state index is 9.33. The molecule has 1 saturated heterocycles. The van der Waals surface area contributed by atoms with Crippen LogP contribution in [0.5, 0.6) is 0 Å². The van der Waals surface area contributed by atoms with Gasteiger partial charge in [-0.25, -0.2) is 4.98 Å². The summed E-state index contributed by atoms with van der Waals surface area (Å²) in [6.07, 6.45) is 2.85. The molecule has 7 nitrogen and oxygen atoms in total. The van der Waals surface area contributed by atoms with E-state index in [1.807, 2.05) is 38.2 Å². The number of benzene rings is 1. The first-order valence-electron chi connectivity index (χ1n) is 9.87. The van der Waals surface area contributed by atoms with Gasteiger partial charge >= 0.3 is 0 Å². The summed E-state index contributed by atoms with van der Waals surface area (Å²) >= 11 is 0. The summed E-state index contributed by atoms with van der Waals surface area (Å²) in [7, 11) is 0. The molecular weight excluding hydrogens is 362 g/mol. The maximum Gasteiger partial charge on any atom is 0.157 e. The molecule has 148 valence electrons. The van der Waals surface area contributed by atoms with Crippen molar-refractivity contribution >= 4 is 22.4 Å². The molecule has 0 aliphatic carbocycles. The van der Waals surface area contributed by atoms with Crippen LogP contribution in [0.15, 0.2) is 30.5 Å². The Morgan fingerprint density at radius 1 is 1.28 bits per heavy atom. The Bertz CT molecular complexity index is 1100. The van der Waals surface area contributed by atoms with Crippen molar-refractivity contribution in [3.8, 4) is 6.07 Å². The fraction of sp³-hybridized carbons (Fsp3) is 0.364. The number of nitriles is 1. The summed E-state index contributed by atoms with van der Waals surface area (Å²) in [4.78, 5) is 6.85. The third-order valence-corrected chi connectivity index (χ3v) is 5.70. The highest BCUT2D eigenvalue weighted by Gasteiger charge is 2.21. The number of aromatic nitrogens is 3. The van der Waals surface area contributed by atoms with Gasteiger partial charge in [0.1, 0.15) is 5.82 Å². The molecule has 0 radical (unpaired) electrons. The Balaban J connectivity index is 1.72. The van der Waals surface area contributed by atoms with Gasteiger partial charge in [-0.05, 0) is 50.5 Å². The van der Waals surface area contributed by atoms with Crippen LogP contribution in [0.1, 0.15) is 41.8 Å². The second-order valence-corrected chi connectivity index (χ2v) is 7.71. The Hall–Kier alpha value is -3.24. The molecular formula is C22H25N7. The number of nitrogens with one attached hydrogen (secondary N) is 1. The largest absolute Gasteiger partial charge is 0.362 e. The zero-order valence-electron chi connectivity index (χ0n) is 17.0. The van der Waals surface area contributed by atoms with Crippen molar-refractivity contribution in [3.05, 3.63) is 52.8 Å². The molecule has 0 amide bonds. The summed E-state index contributed by atoms with van der Waals surface area (Å²) in [6, 6.07) is 10.3. The van der Waals surface area contributed by atoms with Crippen molar-refractivity contribution < 1.29 is 0 Å². The number of nitrogens with zero attached hydrogens (tertiary/aromatic N) is 5. The molecule has 3 N–H and O–H groups in total. The fourth-order valence-electron chi connectivity index (χ4n) is 3.96. The van der Waals surface area contributed by atoms with Crippen LogP contribution in [0.3, 0.4) is 0 Å². The van der Waals surface area contributed by atoms with Gasteiger partial charge in [0.15, 0.2) is 5.82 Å². The van der Waals surface area contributed by atoms with Crippen molar-refractivity contribution in [1.29, 1.82) is 5.26 Å². The quantitative estimate of drug-likeness (QED) is 0.708. The highest BCUT2D eigenvalue weighted by Crippen LogP contribution is 2.30. The average Bonchev–Trinajstić information content (AvgIpc) is 3.16. The van der Waals surface area contributed by atoms with Gasteiger partial charge in [0.05, 0.1) is 23.4 Å². The number of nitrogens with two attached hydrogens (primary N) is 1. The summed E-state index contributed by atoms with van der Waals surface area (Å²) < 4.78 is 0. The predicted octanol–water partition coefficient (Wildman–Crippen LogP) is 3.22. The monoisotopic (exact) mass is 387 g/mol. The predicted molar refractivity (Wildman–Crippen MR) is 115 cm³/mol. The number of hydrogen-bond donors (Lipinski definition) is 2. The third-order valence-electron chi connectivity index (χ3n) is 5.70. The van der Waals surface area contributed by atoms with Crippen molar-refractivity contribution in [3.63, 3.8) is 0 Å². The molecule has 1 aliphatic rings.